The van der Waals surface area contributed by atoms with Crippen molar-refractivity contribution >= 4 is 11.9 Å². The van der Waals surface area contributed by atoms with E-state index in [9.17, 15) is 13.2 Å². The third-order valence-corrected chi connectivity index (χ3v) is 2.61. The van der Waals surface area contributed by atoms with E-state index < -0.39 is 11.9 Å². The lowest BCUT2D eigenvalue weighted by Crippen LogP contribution is -2.20. The number of nitrogens with one attached hydrogen (secondary N) is 1. The number of aromatic nitrogens is 3. The summed E-state index contributed by atoms with van der Waals surface area (Å²) in [5.74, 6) is -0.159. The topological polar surface area (TPSA) is 111 Å². The van der Waals surface area contributed by atoms with E-state index in [1.807, 2.05) is 0 Å². The average Bonchev–Trinajstić information content (AvgIpc) is 3.03. The average molecular weight is 356 g/mol. The van der Waals surface area contributed by atoms with E-state index in [4.69, 9.17) is 14.9 Å². The molecule has 0 saturated heterocycles. The Morgan fingerprint density at radius 3 is 2.76 bits per heavy atom. The number of hydrogen-bond acceptors (Lipinski definition) is 7. The fraction of sp³-hybridized carbons (Fsp3) is 0.286. The highest BCUT2D eigenvalue weighted by molar-refractivity contribution is 5.97. The fourth-order valence-electron chi connectivity index (χ4n) is 1.63. The molecule has 0 aromatic carbocycles. The van der Waals surface area contributed by atoms with Crippen LogP contribution in [0, 0.1) is 0 Å². The second-order valence-corrected chi connectivity index (χ2v) is 4.98. The molecular formula is C14H15F3N6O2. The van der Waals surface area contributed by atoms with Gasteiger partial charge in [-0.15, -0.1) is 10.2 Å². The molecule has 134 valence electrons. The van der Waals surface area contributed by atoms with Crippen molar-refractivity contribution in [2.24, 2.45) is 10.8 Å². The van der Waals surface area contributed by atoms with Gasteiger partial charge in [0.1, 0.15) is 5.69 Å². The lowest BCUT2D eigenvalue weighted by Gasteiger charge is -2.13. The van der Waals surface area contributed by atoms with Gasteiger partial charge in [-0.05, 0) is 19.9 Å². The minimum Gasteiger partial charge on any atom is -0.475 e. The zero-order valence-electron chi connectivity index (χ0n) is 13.3. The number of pyridine rings is 1. The Kier molecular flexibility index (Phi) is 5.57. The molecule has 0 aliphatic rings. The van der Waals surface area contributed by atoms with Crippen LogP contribution in [-0.2, 0) is 6.18 Å². The normalized spacial score (nSPS) is 12.8. The Labute approximate surface area is 140 Å². The van der Waals surface area contributed by atoms with E-state index in [-0.39, 0.29) is 29.3 Å². The number of halogens is 3. The molecule has 2 heterocycles. The summed E-state index contributed by atoms with van der Waals surface area (Å²) in [6.45, 7) is 3.34. The van der Waals surface area contributed by atoms with Gasteiger partial charge >= 0.3 is 6.18 Å². The first-order valence-electron chi connectivity index (χ1n) is 7.03. The lowest BCUT2D eigenvalue weighted by molar-refractivity contribution is -0.141. The molecule has 2 aromatic rings. The number of rotatable bonds is 6. The maximum Gasteiger partial charge on any atom is 0.433 e. The van der Waals surface area contributed by atoms with Crippen molar-refractivity contribution in [3.8, 4) is 5.88 Å². The Morgan fingerprint density at radius 1 is 1.40 bits per heavy atom. The van der Waals surface area contributed by atoms with Crippen LogP contribution in [0.5, 0.6) is 5.88 Å². The minimum absolute atomic E-state index is 0.0108. The molecule has 0 radical (unpaired) electrons. The van der Waals surface area contributed by atoms with Crippen LogP contribution in [0.1, 0.15) is 31.0 Å². The van der Waals surface area contributed by atoms with Crippen molar-refractivity contribution < 1.29 is 22.3 Å². The van der Waals surface area contributed by atoms with Gasteiger partial charge < -0.3 is 14.9 Å². The predicted molar refractivity (Wildman–Crippen MR) is 82.2 cm³/mol. The number of nitrogens with zero attached hydrogens (tertiary/aromatic N) is 4. The molecule has 25 heavy (non-hydrogen) atoms. The van der Waals surface area contributed by atoms with Crippen molar-refractivity contribution in [2.75, 3.05) is 0 Å². The zero-order valence-corrected chi connectivity index (χ0v) is 13.3. The Bertz CT molecular complexity index is 756. The maximum atomic E-state index is 13.0. The molecule has 8 nitrogen and oxygen atoms in total. The van der Waals surface area contributed by atoms with E-state index in [1.165, 1.54) is 18.3 Å². The molecule has 0 unspecified atom stereocenters. The van der Waals surface area contributed by atoms with E-state index in [2.05, 4.69) is 25.7 Å². The SMILES string of the molecule is CC(C)Oc1cc(/C(N)=N/N/C=C\c2nnco2)cc(C(F)(F)F)n1. The smallest absolute Gasteiger partial charge is 0.433 e. The number of alkyl halides is 3. The van der Waals surface area contributed by atoms with Crippen molar-refractivity contribution in [3.63, 3.8) is 0 Å². The van der Waals surface area contributed by atoms with Crippen LogP contribution < -0.4 is 15.9 Å². The number of hydrazone groups is 1. The van der Waals surface area contributed by atoms with Gasteiger partial charge in [0, 0.05) is 23.9 Å². The van der Waals surface area contributed by atoms with Gasteiger partial charge in [0.25, 0.3) is 0 Å². The lowest BCUT2D eigenvalue weighted by atomic mass is 10.2. The summed E-state index contributed by atoms with van der Waals surface area (Å²) in [4.78, 5) is 3.44. The first kappa shape index (κ1) is 18.2. The van der Waals surface area contributed by atoms with Crippen LogP contribution in [-0.4, -0.2) is 27.1 Å². The molecule has 2 aromatic heterocycles. The number of nitrogens with two attached hydrogens (primary N) is 1. The first-order valence-corrected chi connectivity index (χ1v) is 7.03. The van der Waals surface area contributed by atoms with E-state index in [1.54, 1.807) is 13.8 Å². The van der Waals surface area contributed by atoms with Gasteiger partial charge in [0.05, 0.1) is 6.10 Å². The van der Waals surface area contributed by atoms with Crippen LogP contribution in [0.2, 0.25) is 0 Å². The van der Waals surface area contributed by atoms with Crippen molar-refractivity contribution in [1.29, 1.82) is 0 Å². The molecular weight excluding hydrogens is 341 g/mol. The summed E-state index contributed by atoms with van der Waals surface area (Å²) in [5, 5.41) is 10.8. The molecule has 11 heteroatoms. The fourth-order valence-corrected chi connectivity index (χ4v) is 1.63. The number of ether oxygens (including phenoxy) is 1. The minimum atomic E-state index is -4.64. The monoisotopic (exact) mass is 356 g/mol. The second-order valence-electron chi connectivity index (χ2n) is 4.98. The molecule has 0 aliphatic heterocycles. The molecule has 0 aliphatic carbocycles. The molecule has 0 amide bonds. The standard InChI is InChI=1S/C14H15F3N6O2/c1-8(2)25-12-6-9(5-10(21-12)14(15,16)17)13(18)23-19-4-3-11-22-20-7-24-11/h3-8,19H,1-2H3,(H2,18,23)/b4-3-. The summed E-state index contributed by atoms with van der Waals surface area (Å²) in [7, 11) is 0. The van der Waals surface area contributed by atoms with E-state index in [0.29, 0.717) is 0 Å². The largest absolute Gasteiger partial charge is 0.475 e. The van der Waals surface area contributed by atoms with Gasteiger partial charge in [-0.3, -0.25) is 5.43 Å². The van der Waals surface area contributed by atoms with Gasteiger partial charge in [0.2, 0.25) is 18.2 Å². The first-order chi connectivity index (χ1) is 11.8. The highest BCUT2D eigenvalue weighted by atomic mass is 19.4. The highest BCUT2D eigenvalue weighted by Crippen LogP contribution is 2.30. The molecule has 0 bridgehead atoms. The van der Waals surface area contributed by atoms with Gasteiger partial charge in [0.15, 0.2) is 5.84 Å². The highest BCUT2D eigenvalue weighted by Gasteiger charge is 2.33. The molecule has 3 N–H and O–H groups in total. The predicted octanol–water partition coefficient (Wildman–Crippen LogP) is 2.15. The van der Waals surface area contributed by atoms with Crippen LogP contribution in [0.15, 0.2) is 34.2 Å². The van der Waals surface area contributed by atoms with Crippen LogP contribution in [0.4, 0.5) is 13.2 Å². The van der Waals surface area contributed by atoms with Crippen molar-refractivity contribution in [3.05, 3.63) is 41.9 Å². The van der Waals surface area contributed by atoms with Crippen LogP contribution in [0.3, 0.4) is 0 Å². The van der Waals surface area contributed by atoms with Crippen LogP contribution >= 0.6 is 0 Å². The summed E-state index contributed by atoms with van der Waals surface area (Å²) in [6, 6.07) is 2.06. The quantitative estimate of drug-likeness (QED) is 0.463. The van der Waals surface area contributed by atoms with Crippen molar-refractivity contribution in [2.45, 2.75) is 26.1 Å². The Balaban J connectivity index is 2.21. The third kappa shape index (κ3) is 5.48. The molecule has 2 rings (SSSR count). The Hall–Kier alpha value is -3.11. The molecule has 0 spiro atoms. The van der Waals surface area contributed by atoms with Crippen LogP contribution in [0.25, 0.3) is 6.08 Å². The van der Waals surface area contributed by atoms with E-state index in [0.717, 1.165) is 12.5 Å². The molecule has 0 fully saturated rings. The molecule has 0 saturated carbocycles. The van der Waals surface area contributed by atoms with E-state index >= 15 is 0 Å². The third-order valence-electron chi connectivity index (χ3n) is 2.61. The zero-order chi connectivity index (χ0) is 18.4. The Morgan fingerprint density at radius 2 is 2.16 bits per heavy atom. The summed E-state index contributed by atoms with van der Waals surface area (Å²) < 4.78 is 49.0. The second kappa shape index (κ2) is 7.64. The summed E-state index contributed by atoms with van der Waals surface area (Å²) in [6.07, 6.45) is -1.11. The summed E-state index contributed by atoms with van der Waals surface area (Å²) in [5.41, 5.74) is 7.06. The summed E-state index contributed by atoms with van der Waals surface area (Å²) >= 11 is 0. The number of amidine groups is 1. The number of hydrogen-bond donors (Lipinski definition) is 2. The van der Waals surface area contributed by atoms with Crippen molar-refractivity contribution in [1.82, 2.24) is 20.6 Å². The van der Waals surface area contributed by atoms with Gasteiger partial charge in [-0.2, -0.15) is 18.3 Å². The van der Waals surface area contributed by atoms with Gasteiger partial charge in [-0.25, -0.2) is 4.98 Å². The molecule has 0 atom stereocenters. The van der Waals surface area contributed by atoms with Gasteiger partial charge in [-0.1, -0.05) is 0 Å². The maximum absolute atomic E-state index is 13.0.